The highest BCUT2D eigenvalue weighted by atomic mass is 79.9. The number of carbonyl (C=O) groups is 1. The Hall–Kier alpha value is -1.17. The molecule has 0 aliphatic heterocycles. The van der Waals surface area contributed by atoms with Gasteiger partial charge in [-0.3, -0.25) is 0 Å². The maximum absolute atomic E-state index is 12.9. The topological polar surface area (TPSA) is 57.5 Å². The highest BCUT2D eigenvalue weighted by Crippen LogP contribution is 2.31. The number of halogens is 3. The van der Waals surface area contributed by atoms with Gasteiger partial charge in [0.2, 0.25) is 0 Å². The number of phenolic OH excluding ortho intramolecular Hbond substituents is 1. The zero-order valence-corrected chi connectivity index (χ0v) is 7.60. The second-order valence-electron chi connectivity index (χ2n) is 2.19. The minimum Gasteiger partial charge on any atom is -0.504 e. The van der Waals surface area contributed by atoms with Gasteiger partial charge in [0.25, 0.3) is 0 Å². The second kappa shape index (κ2) is 3.29. The highest BCUT2D eigenvalue weighted by Gasteiger charge is 2.19. The number of rotatable bonds is 1. The van der Waals surface area contributed by atoms with Gasteiger partial charge in [-0.1, -0.05) is 0 Å². The van der Waals surface area contributed by atoms with E-state index in [1.807, 2.05) is 0 Å². The molecule has 0 amide bonds. The van der Waals surface area contributed by atoms with Crippen molar-refractivity contribution in [3.8, 4) is 5.75 Å². The smallest absolute Gasteiger partial charge is 0.338 e. The Labute approximate surface area is 79.7 Å². The zero-order chi connectivity index (χ0) is 10.2. The quantitative estimate of drug-likeness (QED) is 0.753. The number of hydrogen-bond acceptors (Lipinski definition) is 2. The van der Waals surface area contributed by atoms with Crippen LogP contribution in [0.3, 0.4) is 0 Å². The summed E-state index contributed by atoms with van der Waals surface area (Å²) in [6.45, 7) is 0. The van der Waals surface area contributed by atoms with Crippen LogP contribution in [0.5, 0.6) is 5.75 Å². The monoisotopic (exact) mass is 252 g/mol. The van der Waals surface area contributed by atoms with Crippen LogP contribution in [-0.4, -0.2) is 16.2 Å². The van der Waals surface area contributed by atoms with Crippen LogP contribution in [0.2, 0.25) is 0 Å². The third-order valence-corrected chi connectivity index (χ3v) is 2.09. The molecule has 13 heavy (non-hydrogen) atoms. The van der Waals surface area contributed by atoms with Crippen LogP contribution in [0.4, 0.5) is 8.78 Å². The van der Waals surface area contributed by atoms with E-state index in [0.717, 1.165) is 0 Å². The molecule has 0 bridgehead atoms. The van der Waals surface area contributed by atoms with Gasteiger partial charge in [-0.15, -0.1) is 0 Å². The molecule has 0 aliphatic rings. The van der Waals surface area contributed by atoms with Crippen molar-refractivity contribution in [3.63, 3.8) is 0 Å². The lowest BCUT2D eigenvalue weighted by molar-refractivity contribution is 0.0691. The van der Waals surface area contributed by atoms with E-state index in [9.17, 15) is 13.6 Å². The molecule has 0 heterocycles. The molecule has 2 N–H and O–H groups in total. The van der Waals surface area contributed by atoms with Gasteiger partial charge in [-0.2, -0.15) is 0 Å². The van der Waals surface area contributed by atoms with Crippen molar-refractivity contribution >= 4 is 21.9 Å². The number of hydrogen-bond donors (Lipinski definition) is 2. The molecular weight excluding hydrogens is 250 g/mol. The molecular formula is C7H3BrF2O3. The summed E-state index contributed by atoms with van der Waals surface area (Å²) in [5.74, 6) is -4.93. The van der Waals surface area contributed by atoms with E-state index in [1.165, 1.54) is 0 Å². The molecule has 1 aromatic rings. The van der Waals surface area contributed by atoms with E-state index >= 15 is 0 Å². The van der Waals surface area contributed by atoms with Crippen molar-refractivity contribution in [2.45, 2.75) is 0 Å². The Morgan fingerprint density at radius 1 is 1.46 bits per heavy atom. The predicted octanol–water partition coefficient (Wildman–Crippen LogP) is 2.13. The lowest BCUT2D eigenvalue weighted by Gasteiger charge is -2.03. The molecule has 0 fully saturated rings. The van der Waals surface area contributed by atoms with Crippen LogP contribution >= 0.6 is 15.9 Å². The number of aromatic carboxylic acids is 1. The molecule has 0 spiro atoms. The van der Waals surface area contributed by atoms with Crippen molar-refractivity contribution in [2.24, 2.45) is 0 Å². The Balaban J connectivity index is 3.50. The van der Waals surface area contributed by atoms with Crippen LogP contribution in [0.15, 0.2) is 10.5 Å². The summed E-state index contributed by atoms with van der Waals surface area (Å²) < 4.78 is 25.0. The molecule has 0 atom stereocenters. The van der Waals surface area contributed by atoms with Crippen molar-refractivity contribution in [2.75, 3.05) is 0 Å². The first-order valence-corrected chi connectivity index (χ1v) is 3.84. The molecule has 0 aliphatic carbocycles. The molecule has 0 saturated carbocycles. The minimum absolute atomic E-state index is 0.414. The standard InChI is InChI=1S/C7H3BrF2O3/c8-4-5(10)2(7(12)13)1-3(9)6(4)11/h1,11H,(H,12,13). The number of benzene rings is 1. The fourth-order valence-corrected chi connectivity index (χ4v) is 1.14. The molecule has 0 saturated heterocycles. The summed E-state index contributed by atoms with van der Waals surface area (Å²) in [4.78, 5) is 10.3. The molecule has 3 nitrogen and oxygen atoms in total. The first-order valence-electron chi connectivity index (χ1n) is 3.05. The van der Waals surface area contributed by atoms with Gasteiger partial charge >= 0.3 is 5.97 Å². The van der Waals surface area contributed by atoms with Gasteiger partial charge in [0.1, 0.15) is 0 Å². The summed E-state index contributed by atoms with van der Waals surface area (Å²) in [6, 6.07) is 0.414. The van der Waals surface area contributed by atoms with Crippen molar-refractivity contribution < 1.29 is 23.8 Å². The largest absolute Gasteiger partial charge is 0.504 e. The van der Waals surface area contributed by atoms with Crippen molar-refractivity contribution in [1.82, 2.24) is 0 Å². The van der Waals surface area contributed by atoms with E-state index in [-0.39, 0.29) is 0 Å². The molecule has 0 aromatic heterocycles. The van der Waals surface area contributed by atoms with E-state index in [1.54, 1.807) is 0 Å². The van der Waals surface area contributed by atoms with Crippen LogP contribution in [0, 0.1) is 11.6 Å². The number of carboxylic acids is 1. The molecule has 0 unspecified atom stereocenters. The Kier molecular flexibility index (Phi) is 2.51. The summed E-state index contributed by atoms with van der Waals surface area (Å²) in [7, 11) is 0. The maximum Gasteiger partial charge on any atom is 0.338 e. The van der Waals surface area contributed by atoms with Gasteiger partial charge in [-0.25, -0.2) is 13.6 Å². The summed E-state index contributed by atoms with van der Waals surface area (Å²) in [5, 5.41) is 17.2. The van der Waals surface area contributed by atoms with Crippen molar-refractivity contribution in [1.29, 1.82) is 0 Å². The Bertz CT molecular complexity index is 378. The summed E-state index contributed by atoms with van der Waals surface area (Å²) >= 11 is 2.52. The lowest BCUT2D eigenvalue weighted by atomic mass is 10.2. The Morgan fingerprint density at radius 2 is 2.00 bits per heavy atom. The van der Waals surface area contributed by atoms with Gasteiger partial charge in [0.15, 0.2) is 17.4 Å². The summed E-state index contributed by atoms with van der Waals surface area (Å²) in [5.41, 5.74) is -0.831. The van der Waals surface area contributed by atoms with E-state index < -0.39 is 33.4 Å². The molecule has 0 radical (unpaired) electrons. The second-order valence-corrected chi connectivity index (χ2v) is 2.98. The first-order chi connectivity index (χ1) is 5.95. The van der Waals surface area contributed by atoms with Gasteiger partial charge in [0, 0.05) is 0 Å². The van der Waals surface area contributed by atoms with Crippen LogP contribution in [-0.2, 0) is 0 Å². The molecule has 1 rings (SSSR count). The third-order valence-electron chi connectivity index (χ3n) is 1.36. The van der Waals surface area contributed by atoms with Gasteiger partial charge < -0.3 is 10.2 Å². The third kappa shape index (κ3) is 1.62. The SMILES string of the molecule is O=C(O)c1cc(F)c(O)c(Br)c1F. The first kappa shape index (κ1) is 9.91. The van der Waals surface area contributed by atoms with E-state index in [0.29, 0.717) is 6.07 Å². The number of aromatic hydroxyl groups is 1. The number of phenols is 1. The van der Waals surface area contributed by atoms with Crippen molar-refractivity contribution in [3.05, 3.63) is 27.7 Å². The van der Waals surface area contributed by atoms with Crippen LogP contribution in [0.1, 0.15) is 10.4 Å². The fraction of sp³-hybridized carbons (Fsp3) is 0. The lowest BCUT2D eigenvalue weighted by Crippen LogP contribution is -2.02. The molecule has 70 valence electrons. The zero-order valence-electron chi connectivity index (χ0n) is 6.01. The molecule has 6 heteroatoms. The average Bonchev–Trinajstić information content (AvgIpc) is 2.07. The van der Waals surface area contributed by atoms with Crippen LogP contribution < -0.4 is 0 Å². The maximum atomic E-state index is 12.9. The highest BCUT2D eigenvalue weighted by molar-refractivity contribution is 9.10. The van der Waals surface area contributed by atoms with Gasteiger partial charge in [-0.05, 0) is 22.0 Å². The Morgan fingerprint density at radius 3 is 2.46 bits per heavy atom. The fourth-order valence-electron chi connectivity index (χ4n) is 0.741. The average molecular weight is 253 g/mol. The predicted molar refractivity (Wildman–Crippen MR) is 42.7 cm³/mol. The van der Waals surface area contributed by atoms with E-state index in [2.05, 4.69) is 15.9 Å². The van der Waals surface area contributed by atoms with E-state index in [4.69, 9.17) is 10.2 Å². The summed E-state index contributed by atoms with van der Waals surface area (Å²) in [6.07, 6.45) is 0. The van der Waals surface area contributed by atoms with Gasteiger partial charge in [0.05, 0.1) is 10.0 Å². The van der Waals surface area contributed by atoms with Crippen LogP contribution in [0.25, 0.3) is 0 Å². The molecule has 1 aromatic carbocycles. The number of carboxylic acid groups (broad SMARTS) is 1. The minimum atomic E-state index is -1.60. The normalized spacial score (nSPS) is 10.1.